The van der Waals surface area contributed by atoms with Crippen LogP contribution in [-0.4, -0.2) is 11.6 Å². The van der Waals surface area contributed by atoms with Crippen LogP contribution in [0.5, 0.6) is 0 Å². The number of allylic oxidation sites excluding steroid dienone is 5. The van der Waals surface area contributed by atoms with E-state index in [0.29, 0.717) is 11.8 Å². The summed E-state index contributed by atoms with van der Waals surface area (Å²) < 4.78 is 3.99. The van der Waals surface area contributed by atoms with Crippen LogP contribution >= 0.6 is 22.7 Å². The average Bonchev–Trinajstić information content (AvgIpc) is 3.80. The zero-order valence-corrected chi connectivity index (χ0v) is 33.2. The number of hydrogen-bond donors (Lipinski definition) is 0. The molecular formula is C51H44N2S2. The van der Waals surface area contributed by atoms with Gasteiger partial charge in [-0.15, -0.1) is 22.7 Å². The summed E-state index contributed by atoms with van der Waals surface area (Å²) >= 11 is 3.83. The number of para-hydroxylation sites is 1. The SMILES string of the molecule is CC1C=CC(N(c2ccccc2)C2C=Cc3sc4cc(N(c5cccc6sc7ccccc7c56)C5(C)C=CC(c6ccccc6)=CC5)ccc4c3C2C)=CC1. The minimum atomic E-state index is -0.284. The molecular weight excluding hydrogens is 705 g/mol. The molecule has 4 atom stereocenters. The first-order chi connectivity index (χ1) is 26.9. The van der Waals surface area contributed by atoms with Crippen LogP contribution in [0.4, 0.5) is 17.1 Å². The first-order valence-electron chi connectivity index (χ1n) is 19.6. The van der Waals surface area contributed by atoms with E-state index in [1.54, 1.807) is 0 Å². The molecule has 0 bridgehead atoms. The number of anilines is 3. The maximum absolute atomic E-state index is 2.63. The zero-order chi connectivity index (χ0) is 37.1. The molecule has 2 aromatic heterocycles. The summed E-state index contributed by atoms with van der Waals surface area (Å²) in [6.45, 7) is 7.13. The Morgan fingerprint density at radius 2 is 1.44 bits per heavy atom. The Balaban J connectivity index is 1.08. The first kappa shape index (κ1) is 34.1. The number of thiophene rings is 2. The van der Waals surface area contributed by atoms with E-state index >= 15 is 0 Å². The number of hydrogen-bond acceptors (Lipinski definition) is 4. The summed E-state index contributed by atoms with van der Waals surface area (Å²) in [5, 5.41) is 4.03. The van der Waals surface area contributed by atoms with E-state index in [2.05, 4.69) is 201 Å². The van der Waals surface area contributed by atoms with Crippen LogP contribution in [-0.2, 0) is 0 Å². The van der Waals surface area contributed by atoms with Gasteiger partial charge in [0.1, 0.15) is 0 Å². The van der Waals surface area contributed by atoms with Crippen LogP contribution in [0.15, 0.2) is 170 Å². The van der Waals surface area contributed by atoms with E-state index in [-0.39, 0.29) is 11.6 Å². The largest absolute Gasteiger partial charge is 0.334 e. The third-order valence-electron chi connectivity index (χ3n) is 11.9. The van der Waals surface area contributed by atoms with Gasteiger partial charge in [-0.2, -0.15) is 0 Å². The molecule has 0 spiro atoms. The van der Waals surface area contributed by atoms with Crippen LogP contribution < -0.4 is 9.80 Å². The average molecular weight is 749 g/mol. The van der Waals surface area contributed by atoms with Gasteiger partial charge in [0.15, 0.2) is 0 Å². The highest BCUT2D eigenvalue weighted by molar-refractivity contribution is 7.26. The molecule has 4 unspecified atom stereocenters. The van der Waals surface area contributed by atoms with Gasteiger partial charge in [0.25, 0.3) is 0 Å². The third-order valence-corrected chi connectivity index (χ3v) is 14.2. The zero-order valence-electron chi connectivity index (χ0n) is 31.5. The number of nitrogens with zero attached hydrogens (tertiary/aromatic N) is 2. The van der Waals surface area contributed by atoms with Crippen molar-refractivity contribution in [3.63, 3.8) is 0 Å². The van der Waals surface area contributed by atoms with Crippen molar-refractivity contribution in [2.45, 2.75) is 51.1 Å². The fourth-order valence-electron chi connectivity index (χ4n) is 9.05. The number of benzene rings is 5. The van der Waals surface area contributed by atoms with Gasteiger partial charge in [-0.3, -0.25) is 0 Å². The summed E-state index contributed by atoms with van der Waals surface area (Å²) in [5.74, 6) is 0.872. The Morgan fingerprint density at radius 3 is 2.22 bits per heavy atom. The van der Waals surface area contributed by atoms with Gasteiger partial charge in [-0.05, 0) is 102 Å². The van der Waals surface area contributed by atoms with Gasteiger partial charge in [-0.1, -0.05) is 129 Å². The highest BCUT2D eigenvalue weighted by atomic mass is 32.1. The molecule has 7 aromatic rings. The summed E-state index contributed by atoms with van der Waals surface area (Å²) in [6, 6.07) is 45.0. The maximum Gasteiger partial charge on any atom is 0.0643 e. The van der Waals surface area contributed by atoms with Crippen molar-refractivity contribution in [2.24, 2.45) is 5.92 Å². The Morgan fingerprint density at radius 1 is 0.655 bits per heavy atom. The molecule has 0 amide bonds. The minimum Gasteiger partial charge on any atom is -0.334 e. The second kappa shape index (κ2) is 13.7. The highest BCUT2D eigenvalue weighted by Crippen LogP contribution is 2.50. The van der Waals surface area contributed by atoms with E-state index in [1.165, 1.54) is 74.6 Å². The molecule has 10 rings (SSSR count). The Hall–Kier alpha value is -5.42. The number of fused-ring (bicyclic) bond motifs is 6. The van der Waals surface area contributed by atoms with Crippen LogP contribution in [0.2, 0.25) is 0 Å². The van der Waals surface area contributed by atoms with Gasteiger partial charge in [0.05, 0.1) is 17.3 Å². The van der Waals surface area contributed by atoms with Gasteiger partial charge in [-0.25, -0.2) is 0 Å². The molecule has 3 aliphatic carbocycles. The molecule has 0 aliphatic heterocycles. The van der Waals surface area contributed by atoms with Crippen molar-refractivity contribution in [1.29, 1.82) is 0 Å². The Labute approximate surface area is 332 Å². The van der Waals surface area contributed by atoms with Gasteiger partial charge >= 0.3 is 0 Å². The van der Waals surface area contributed by atoms with Crippen LogP contribution in [0.1, 0.15) is 55.5 Å². The van der Waals surface area contributed by atoms with E-state index < -0.39 is 0 Å². The Bertz CT molecular complexity index is 2730. The molecule has 0 saturated heterocycles. The van der Waals surface area contributed by atoms with Gasteiger partial charge < -0.3 is 9.80 Å². The standard InChI is InChI=1S/C51H44N2S2/c1-34-21-23-39(24-22-34)52(38-15-8-5-9-16-38)43-27-28-47-49(35(43)2)42-26-25-40(33-48(42)55-47)53(51(3)31-29-37(30-32-51)36-13-6-4-7-14-36)44-18-12-20-46-50(44)41-17-10-11-19-45(41)54-46/h4-21,23-31,33-35,43H,22,32H2,1-3H3. The molecule has 2 heterocycles. The lowest BCUT2D eigenvalue weighted by Gasteiger charge is -2.43. The van der Waals surface area contributed by atoms with Crippen molar-refractivity contribution >= 4 is 81.6 Å². The molecule has 3 aliphatic rings. The monoisotopic (exact) mass is 748 g/mol. The van der Waals surface area contributed by atoms with Crippen LogP contribution in [0.3, 0.4) is 0 Å². The summed E-state index contributed by atoms with van der Waals surface area (Å²) in [4.78, 5) is 6.57. The van der Waals surface area contributed by atoms with E-state index in [1.807, 2.05) is 22.7 Å². The van der Waals surface area contributed by atoms with Gasteiger partial charge in [0, 0.05) is 52.7 Å². The second-order valence-electron chi connectivity index (χ2n) is 15.6. The molecule has 0 radical (unpaired) electrons. The van der Waals surface area contributed by atoms with E-state index in [4.69, 9.17) is 0 Å². The van der Waals surface area contributed by atoms with E-state index in [0.717, 1.165) is 12.8 Å². The second-order valence-corrected chi connectivity index (χ2v) is 17.8. The highest BCUT2D eigenvalue weighted by Gasteiger charge is 2.36. The quantitative estimate of drug-likeness (QED) is 0.160. The van der Waals surface area contributed by atoms with E-state index in [9.17, 15) is 0 Å². The van der Waals surface area contributed by atoms with Crippen molar-refractivity contribution in [3.8, 4) is 0 Å². The van der Waals surface area contributed by atoms with Crippen molar-refractivity contribution in [3.05, 3.63) is 186 Å². The molecule has 4 heteroatoms. The predicted octanol–water partition coefficient (Wildman–Crippen LogP) is 14.7. The molecule has 270 valence electrons. The molecule has 2 nitrogen and oxygen atoms in total. The Kier molecular flexibility index (Phi) is 8.50. The third kappa shape index (κ3) is 5.91. The fourth-order valence-corrected chi connectivity index (χ4v) is 11.4. The van der Waals surface area contributed by atoms with Crippen molar-refractivity contribution < 1.29 is 0 Å². The predicted molar refractivity (Wildman–Crippen MR) is 241 cm³/mol. The maximum atomic E-state index is 2.63. The fraction of sp³-hybridized carbons (Fsp3) is 0.176. The lowest BCUT2D eigenvalue weighted by Crippen LogP contribution is -2.42. The summed E-state index contributed by atoms with van der Waals surface area (Å²) in [5.41, 5.74) is 8.74. The normalized spacial score (nSPS) is 21.8. The topological polar surface area (TPSA) is 6.48 Å². The summed E-state index contributed by atoms with van der Waals surface area (Å²) in [6.07, 6.45) is 21.1. The van der Waals surface area contributed by atoms with Crippen molar-refractivity contribution in [1.82, 2.24) is 0 Å². The molecule has 55 heavy (non-hydrogen) atoms. The van der Waals surface area contributed by atoms with Crippen LogP contribution in [0.25, 0.3) is 41.9 Å². The number of rotatable bonds is 7. The van der Waals surface area contributed by atoms with Crippen molar-refractivity contribution in [2.75, 3.05) is 9.80 Å². The van der Waals surface area contributed by atoms with Crippen LogP contribution in [0, 0.1) is 5.92 Å². The molecule has 0 saturated carbocycles. The van der Waals surface area contributed by atoms with Gasteiger partial charge in [0.2, 0.25) is 0 Å². The minimum absolute atomic E-state index is 0.203. The first-order valence-corrected chi connectivity index (χ1v) is 21.2. The lowest BCUT2D eigenvalue weighted by molar-refractivity contribution is 0.573. The lowest BCUT2D eigenvalue weighted by atomic mass is 9.84. The molecule has 0 N–H and O–H groups in total. The molecule has 5 aromatic carbocycles. The summed E-state index contributed by atoms with van der Waals surface area (Å²) in [7, 11) is 0. The smallest absolute Gasteiger partial charge is 0.0643 e. The molecule has 0 fully saturated rings.